The Morgan fingerprint density at radius 1 is 0.974 bits per heavy atom. The van der Waals surface area contributed by atoms with E-state index in [4.69, 9.17) is 0 Å². The summed E-state index contributed by atoms with van der Waals surface area (Å²) in [6.45, 7) is 4.23. The van der Waals surface area contributed by atoms with Gasteiger partial charge in [-0.05, 0) is 79.8 Å². The SMILES string of the molecule is Cc1ccc(NC(=O)c2cc(N3Cc4cc(-c5nnn[n-]5)ccc4C3=O)ccc2N2CCCCC2)cc1.[K+]. The third-order valence-electron chi connectivity index (χ3n) is 7.03. The number of anilines is 3. The molecule has 3 aromatic carbocycles. The number of carbonyl (C=O) groups excluding carboxylic acids is 2. The minimum atomic E-state index is -0.189. The molecule has 38 heavy (non-hydrogen) atoms. The first-order valence-corrected chi connectivity index (χ1v) is 12.5. The van der Waals surface area contributed by atoms with Crippen LogP contribution in [0.4, 0.5) is 17.1 Å². The van der Waals surface area contributed by atoms with E-state index < -0.39 is 0 Å². The van der Waals surface area contributed by atoms with Gasteiger partial charge in [0.2, 0.25) is 0 Å². The van der Waals surface area contributed by atoms with Crippen molar-refractivity contribution >= 4 is 28.9 Å². The number of aromatic nitrogens is 4. The van der Waals surface area contributed by atoms with E-state index in [2.05, 4.69) is 30.8 Å². The van der Waals surface area contributed by atoms with E-state index in [1.807, 2.05) is 55.5 Å². The topological polar surface area (TPSA) is 105 Å². The number of carbonyl (C=O) groups is 2. The Hall–Kier alpha value is -2.89. The van der Waals surface area contributed by atoms with Crippen molar-refractivity contribution in [3.63, 3.8) is 0 Å². The van der Waals surface area contributed by atoms with Crippen molar-refractivity contribution in [3.05, 3.63) is 82.9 Å². The molecule has 9 nitrogen and oxygen atoms in total. The second-order valence-corrected chi connectivity index (χ2v) is 9.54. The van der Waals surface area contributed by atoms with Crippen LogP contribution in [0.3, 0.4) is 0 Å². The third-order valence-corrected chi connectivity index (χ3v) is 7.03. The molecular formula is C28H26KN7O2. The molecule has 0 radical (unpaired) electrons. The largest absolute Gasteiger partial charge is 1.00 e. The summed E-state index contributed by atoms with van der Waals surface area (Å²) >= 11 is 0. The van der Waals surface area contributed by atoms with Crippen molar-refractivity contribution in [1.82, 2.24) is 20.6 Å². The van der Waals surface area contributed by atoms with Crippen LogP contribution in [-0.2, 0) is 6.54 Å². The van der Waals surface area contributed by atoms with E-state index in [1.54, 1.807) is 17.0 Å². The van der Waals surface area contributed by atoms with Crippen LogP contribution >= 0.6 is 0 Å². The van der Waals surface area contributed by atoms with Crippen LogP contribution in [0.15, 0.2) is 60.7 Å². The zero-order valence-corrected chi connectivity index (χ0v) is 24.6. The molecule has 2 amide bonds. The molecule has 2 aliphatic heterocycles. The Labute approximate surface area is 263 Å². The van der Waals surface area contributed by atoms with Crippen LogP contribution in [0.5, 0.6) is 0 Å². The first-order valence-electron chi connectivity index (χ1n) is 12.5. The number of aryl methyl sites for hydroxylation is 1. The molecule has 3 heterocycles. The fraction of sp³-hybridized carbons (Fsp3) is 0.250. The first kappa shape index (κ1) is 26.7. The maximum absolute atomic E-state index is 13.5. The molecule has 6 rings (SSSR count). The Kier molecular flexibility index (Phi) is 8.06. The van der Waals surface area contributed by atoms with Gasteiger partial charge in [-0.15, -0.1) is 0 Å². The van der Waals surface area contributed by atoms with Crippen LogP contribution in [-0.4, -0.2) is 40.4 Å². The monoisotopic (exact) mass is 531 g/mol. The third kappa shape index (κ3) is 5.32. The van der Waals surface area contributed by atoms with Crippen LogP contribution in [0.2, 0.25) is 0 Å². The van der Waals surface area contributed by atoms with Crippen molar-refractivity contribution in [2.45, 2.75) is 32.7 Å². The van der Waals surface area contributed by atoms with Gasteiger partial charge in [-0.3, -0.25) is 19.9 Å². The molecule has 10 heteroatoms. The van der Waals surface area contributed by atoms with Crippen LogP contribution < -0.4 is 71.6 Å². The van der Waals surface area contributed by atoms with E-state index in [1.165, 1.54) is 6.42 Å². The zero-order valence-electron chi connectivity index (χ0n) is 21.5. The smallest absolute Gasteiger partial charge is 0.371 e. The van der Waals surface area contributed by atoms with Crippen LogP contribution in [0.1, 0.15) is 51.1 Å². The molecule has 1 N–H and O–H groups in total. The molecule has 0 bridgehead atoms. The minimum absolute atomic E-state index is 0. The number of piperidine rings is 1. The second kappa shape index (κ2) is 11.5. The number of nitrogens with one attached hydrogen (secondary N) is 1. The summed E-state index contributed by atoms with van der Waals surface area (Å²) in [6, 6.07) is 19.0. The number of hydrogen-bond donors (Lipinski definition) is 1. The normalized spacial score (nSPS) is 14.7. The summed E-state index contributed by atoms with van der Waals surface area (Å²) in [4.78, 5) is 30.9. The van der Waals surface area contributed by atoms with Crippen molar-refractivity contribution in [2.24, 2.45) is 0 Å². The molecule has 0 spiro atoms. The van der Waals surface area contributed by atoms with Gasteiger partial charge >= 0.3 is 51.4 Å². The summed E-state index contributed by atoms with van der Waals surface area (Å²) in [7, 11) is 0. The summed E-state index contributed by atoms with van der Waals surface area (Å²) < 4.78 is 0. The van der Waals surface area contributed by atoms with Crippen LogP contribution in [0, 0.1) is 6.92 Å². The van der Waals surface area contributed by atoms with E-state index in [9.17, 15) is 9.59 Å². The van der Waals surface area contributed by atoms with E-state index in [0.29, 0.717) is 29.2 Å². The predicted octanol–water partition coefficient (Wildman–Crippen LogP) is 1.21. The van der Waals surface area contributed by atoms with Crippen molar-refractivity contribution in [2.75, 3.05) is 28.2 Å². The molecule has 0 saturated carbocycles. The number of tetrazole rings is 1. The van der Waals surface area contributed by atoms with Crippen LogP contribution in [0.25, 0.3) is 11.4 Å². The molecule has 0 atom stereocenters. The van der Waals surface area contributed by atoms with Crippen molar-refractivity contribution in [3.8, 4) is 11.4 Å². The first-order chi connectivity index (χ1) is 18.1. The fourth-order valence-electron chi connectivity index (χ4n) is 5.05. The average molecular weight is 532 g/mol. The molecule has 1 saturated heterocycles. The van der Waals surface area contributed by atoms with Gasteiger partial charge in [0.05, 0.1) is 12.1 Å². The molecule has 1 fully saturated rings. The number of benzene rings is 3. The molecule has 1 aromatic heterocycles. The number of rotatable bonds is 5. The minimum Gasteiger partial charge on any atom is -0.371 e. The maximum Gasteiger partial charge on any atom is 1.00 e. The predicted molar refractivity (Wildman–Crippen MR) is 141 cm³/mol. The van der Waals surface area contributed by atoms with Gasteiger partial charge in [0.25, 0.3) is 11.8 Å². The molecule has 2 aliphatic rings. The van der Waals surface area contributed by atoms with Gasteiger partial charge in [-0.2, -0.15) is 5.21 Å². The molecule has 0 aliphatic carbocycles. The van der Waals surface area contributed by atoms with Crippen molar-refractivity contribution < 1.29 is 61.0 Å². The number of fused-ring (bicyclic) bond motifs is 1. The quantitative estimate of drug-likeness (QED) is 0.386. The van der Waals surface area contributed by atoms with Gasteiger partial charge in [0.1, 0.15) is 0 Å². The number of amides is 2. The summed E-state index contributed by atoms with van der Waals surface area (Å²) in [5.74, 6) is 0.137. The van der Waals surface area contributed by atoms with Gasteiger partial charge in [-0.25, -0.2) is 0 Å². The molecular weight excluding hydrogens is 505 g/mol. The maximum atomic E-state index is 13.5. The zero-order chi connectivity index (χ0) is 25.4. The number of nitrogens with zero attached hydrogens (tertiary/aromatic N) is 6. The van der Waals surface area contributed by atoms with Gasteiger partial charge in [-0.1, -0.05) is 23.8 Å². The summed E-state index contributed by atoms with van der Waals surface area (Å²) in [5, 5.41) is 18.0. The molecule has 186 valence electrons. The Bertz CT molecular complexity index is 1470. The molecule has 0 unspecified atom stereocenters. The van der Waals surface area contributed by atoms with E-state index >= 15 is 0 Å². The number of hydrogen-bond acceptors (Lipinski definition) is 6. The van der Waals surface area contributed by atoms with Gasteiger partial charge < -0.3 is 20.2 Å². The van der Waals surface area contributed by atoms with E-state index in [-0.39, 0.29) is 63.2 Å². The Morgan fingerprint density at radius 2 is 1.76 bits per heavy atom. The fourth-order valence-corrected chi connectivity index (χ4v) is 5.05. The Morgan fingerprint density at radius 3 is 2.50 bits per heavy atom. The second-order valence-electron chi connectivity index (χ2n) is 9.54. The Balaban J connectivity index is 0.00000294. The van der Waals surface area contributed by atoms with Gasteiger partial charge in [0, 0.05) is 41.5 Å². The average Bonchev–Trinajstić information content (AvgIpc) is 3.58. The van der Waals surface area contributed by atoms with Crippen molar-refractivity contribution in [1.29, 1.82) is 0 Å². The van der Waals surface area contributed by atoms with E-state index in [0.717, 1.165) is 54.0 Å². The summed E-state index contributed by atoms with van der Waals surface area (Å²) in [5.41, 5.74) is 6.27. The summed E-state index contributed by atoms with van der Waals surface area (Å²) in [6.07, 6.45) is 3.40. The standard InChI is InChI=1S/C28H27N7O2.K/c1-18-5-8-21(9-6-18)29-27(36)24-16-22(10-12-25(24)34-13-3-2-4-14-34)35-17-20-15-19(26-30-32-33-31-26)7-11-23(20)28(35)37;/h5-12,15-16H,2-4,13-14,17H2,1H3,(H2,29,30,31,32,33,36,37);/q;+1/p-1. The molecule has 4 aromatic rings. The van der Waals surface area contributed by atoms with Gasteiger partial charge in [0.15, 0.2) is 0 Å².